The largest absolute Gasteiger partial charge is 0.302 e. The van der Waals surface area contributed by atoms with Crippen molar-refractivity contribution < 1.29 is 4.79 Å². The molecule has 10 heavy (non-hydrogen) atoms. The van der Waals surface area contributed by atoms with Crippen LogP contribution in [0.3, 0.4) is 0 Å². The lowest BCUT2D eigenvalue weighted by molar-refractivity contribution is -0.105. The number of nitrogens with zero attached hydrogens (tertiary/aromatic N) is 3. The molecule has 0 amide bonds. The van der Waals surface area contributed by atoms with Crippen LogP contribution in [0.5, 0.6) is 0 Å². The lowest BCUT2D eigenvalue weighted by atomic mass is 10.9. The molecule has 54 valence electrons. The summed E-state index contributed by atoms with van der Waals surface area (Å²) in [4.78, 5) is 13.8. The van der Waals surface area contributed by atoms with Gasteiger partial charge < -0.3 is 4.79 Å². The molecule has 1 rings (SSSR count). The van der Waals surface area contributed by atoms with Gasteiger partial charge >= 0.3 is 0 Å². The van der Waals surface area contributed by atoms with Gasteiger partial charge in [-0.15, -0.1) is 0 Å². The maximum Gasteiger partial charge on any atom is 0.186 e. The third-order valence-electron chi connectivity index (χ3n) is 0.950. The molecule has 0 fully saturated rings. The van der Waals surface area contributed by atoms with E-state index in [0.29, 0.717) is 5.75 Å². The van der Waals surface area contributed by atoms with E-state index in [4.69, 9.17) is 0 Å². The summed E-state index contributed by atoms with van der Waals surface area (Å²) < 4.78 is 1.63. The minimum atomic E-state index is 0.437. The summed E-state index contributed by atoms with van der Waals surface area (Å²) in [5, 5.41) is 4.61. The fraction of sp³-hybridized carbons (Fsp3) is 0.400. The van der Waals surface area contributed by atoms with Crippen LogP contribution in [-0.4, -0.2) is 26.8 Å². The standard InChI is InChI=1S/C5H7N3OS/c1-8-5(6-4-7-8)10-3-2-9/h2,4H,3H2,1H3. The normalized spacial score (nSPS) is 9.70. The highest BCUT2D eigenvalue weighted by Gasteiger charge is 1.97. The molecular formula is C5H7N3OS. The van der Waals surface area contributed by atoms with Crippen LogP contribution >= 0.6 is 11.8 Å². The van der Waals surface area contributed by atoms with Gasteiger partial charge in [0.25, 0.3) is 0 Å². The molecule has 0 bridgehead atoms. The molecule has 0 aliphatic carbocycles. The Hall–Kier alpha value is -0.840. The highest BCUT2D eigenvalue weighted by molar-refractivity contribution is 7.99. The SMILES string of the molecule is Cn1ncnc1SCC=O. The summed E-state index contributed by atoms with van der Waals surface area (Å²) in [5.41, 5.74) is 0. The first-order valence-corrected chi connectivity index (χ1v) is 3.73. The van der Waals surface area contributed by atoms with Crippen molar-refractivity contribution in [1.82, 2.24) is 14.8 Å². The molecule has 1 aromatic heterocycles. The maximum absolute atomic E-state index is 9.93. The third-order valence-corrected chi connectivity index (χ3v) is 1.88. The first kappa shape index (κ1) is 7.27. The molecule has 0 N–H and O–H groups in total. The van der Waals surface area contributed by atoms with Crippen molar-refractivity contribution in [3.05, 3.63) is 6.33 Å². The second kappa shape index (κ2) is 3.36. The Morgan fingerprint density at radius 2 is 2.70 bits per heavy atom. The van der Waals surface area contributed by atoms with Crippen molar-refractivity contribution in [3.8, 4) is 0 Å². The molecular weight excluding hydrogens is 150 g/mol. The first-order chi connectivity index (χ1) is 4.84. The Morgan fingerprint density at radius 1 is 1.90 bits per heavy atom. The lowest BCUT2D eigenvalue weighted by Gasteiger charge is -1.92. The van der Waals surface area contributed by atoms with E-state index in [1.165, 1.54) is 18.1 Å². The number of thioether (sulfide) groups is 1. The zero-order valence-corrected chi connectivity index (χ0v) is 6.34. The van der Waals surface area contributed by atoms with Gasteiger partial charge in [-0.2, -0.15) is 5.10 Å². The number of carbonyl (C=O) groups is 1. The van der Waals surface area contributed by atoms with Gasteiger partial charge in [0.2, 0.25) is 0 Å². The van der Waals surface area contributed by atoms with Crippen LogP contribution in [0.4, 0.5) is 0 Å². The second-order valence-electron chi connectivity index (χ2n) is 1.64. The van der Waals surface area contributed by atoms with E-state index in [2.05, 4.69) is 10.1 Å². The molecule has 0 saturated heterocycles. The van der Waals surface area contributed by atoms with Crippen LogP contribution in [-0.2, 0) is 11.8 Å². The van der Waals surface area contributed by atoms with E-state index >= 15 is 0 Å². The molecule has 0 aliphatic rings. The molecule has 0 spiro atoms. The number of aryl methyl sites for hydroxylation is 1. The zero-order valence-electron chi connectivity index (χ0n) is 5.52. The molecule has 0 saturated carbocycles. The van der Waals surface area contributed by atoms with Gasteiger partial charge in [0.1, 0.15) is 12.6 Å². The summed E-state index contributed by atoms with van der Waals surface area (Å²) in [6.07, 6.45) is 2.31. The lowest BCUT2D eigenvalue weighted by Crippen LogP contribution is -1.93. The van der Waals surface area contributed by atoms with E-state index in [1.807, 2.05) is 0 Å². The molecule has 5 heteroatoms. The first-order valence-electron chi connectivity index (χ1n) is 2.75. The van der Waals surface area contributed by atoms with Crippen molar-refractivity contribution in [2.45, 2.75) is 5.16 Å². The average Bonchev–Trinajstić information content (AvgIpc) is 2.31. The van der Waals surface area contributed by atoms with E-state index < -0.39 is 0 Å². The number of aldehydes is 1. The molecule has 0 atom stereocenters. The molecule has 1 heterocycles. The van der Waals surface area contributed by atoms with Gasteiger partial charge in [0.15, 0.2) is 5.16 Å². The smallest absolute Gasteiger partial charge is 0.186 e. The Kier molecular flexibility index (Phi) is 2.44. The maximum atomic E-state index is 9.93. The predicted octanol–water partition coefficient (Wildman–Crippen LogP) is 0.106. The Bertz CT molecular complexity index is 222. The molecule has 1 aromatic rings. The van der Waals surface area contributed by atoms with Crippen molar-refractivity contribution >= 4 is 18.0 Å². The highest BCUT2D eigenvalue weighted by atomic mass is 32.2. The summed E-state index contributed by atoms with van der Waals surface area (Å²) in [7, 11) is 1.79. The summed E-state index contributed by atoms with van der Waals surface area (Å²) in [6, 6.07) is 0. The Balaban J connectivity index is 2.56. The van der Waals surface area contributed by atoms with Gasteiger partial charge in [0.05, 0.1) is 5.75 Å². The fourth-order valence-corrected chi connectivity index (χ4v) is 1.10. The molecule has 0 unspecified atom stereocenters. The van der Waals surface area contributed by atoms with Gasteiger partial charge in [-0.25, -0.2) is 9.67 Å². The topological polar surface area (TPSA) is 47.8 Å². The van der Waals surface area contributed by atoms with Gasteiger partial charge in [0, 0.05) is 7.05 Å². The van der Waals surface area contributed by atoms with Crippen LogP contribution in [0.1, 0.15) is 0 Å². The average molecular weight is 157 g/mol. The number of hydrogen-bond acceptors (Lipinski definition) is 4. The van der Waals surface area contributed by atoms with E-state index in [0.717, 1.165) is 11.4 Å². The molecule has 0 aliphatic heterocycles. The van der Waals surface area contributed by atoms with Crippen LogP contribution < -0.4 is 0 Å². The Labute approximate surface area is 62.6 Å². The van der Waals surface area contributed by atoms with Crippen LogP contribution in [0.25, 0.3) is 0 Å². The molecule has 4 nitrogen and oxygen atoms in total. The van der Waals surface area contributed by atoms with Crippen molar-refractivity contribution in [3.63, 3.8) is 0 Å². The number of carbonyl (C=O) groups excluding carboxylic acids is 1. The molecule has 0 aromatic carbocycles. The van der Waals surface area contributed by atoms with E-state index in [-0.39, 0.29) is 0 Å². The van der Waals surface area contributed by atoms with Crippen LogP contribution in [0, 0.1) is 0 Å². The van der Waals surface area contributed by atoms with Crippen molar-refractivity contribution in [2.75, 3.05) is 5.75 Å². The minimum Gasteiger partial charge on any atom is -0.302 e. The van der Waals surface area contributed by atoms with Gasteiger partial charge in [-0.1, -0.05) is 11.8 Å². The number of hydrogen-bond donors (Lipinski definition) is 0. The van der Waals surface area contributed by atoms with Crippen molar-refractivity contribution in [2.24, 2.45) is 7.05 Å². The highest BCUT2D eigenvalue weighted by Crippen LogP contribution is 2.10. The minimum absolute atomic E-state index is 0.437. The second-order valence-corrected chi connectivity index (χ2v) is 2.63. The summed E-state index contributed by atoms with van der Waals surface area (Å²) in [6.45, 7) is 0. The monoisotopic (exact) mass is 157 g/mol. The Morgan fingerprint density at radius 3 is 3.20 bits per heavy atom. The van der Waals surface area contributed by atoms with Crippen molar-refractivity contribution in [1.29, 1.82) is 0 Å². The quantitative estimate of drug-likeness (QED) is 0.461. The van der Waals surface area contributed by atoms with Gasteiger partial charge in [-0.3, -0.25) is 0 Å². The fourth-order valence-electron chi connectivity index (χ4n) is 0.525. The summed E-state index contributed by atoms with van der Waals surface area (Å²) >= 11 is 1.37. The number of rotatable bonds is 3. The van der Waals surface area contributed by atoms with Crippen LogP contribution in [0.2, 0.25) is 0 Å². The third kappa shape index (κ3) is 1.57. The van der Waals surface area contributed by atoms with E-state index in [1.54, 1.807) is 11.7 Å². The number of aromatic nitrogens is 3. The predicted molar refractivity (Wildman–Crippen MR) is 37.8 cm³/mol. The van der Waals surface area contributed by atoms with Gasteiger partial charge in [-0.05, 0) is 0 Å². The molecule has 0 radical (unpaired) electrons. The summed E-state index contributed by atoms with van der Waals surface area (Å²) in [5.74, 6) is 0.437. The van der Waals surface area contributed by atoms with Crippen LogP contribution in [0.15, 0.2) is 11.5 Å². The van der Waals surface area contributed by atoms with E-state index in [9.17, 15) is 4.79 Å². The zero-order chi connectivity index (χ0) is 7.40.